The second kappa shape index (κ2) is 7.90. The van der Waals surface area contributed by atoms with Crippen LogP contribution in [-0.4, -0.2) is 16.2 Å². The van der Waals surface area contributed by atoms with E-state index in [1.165, 1.54) is 44.1 Å². The van der Waals surface area contributed by atoms with Crippen LogP contribution in [0.2, 0.25) is 0 Å². The minimum Gasteiger partial charge on any atom is -0.308 e. The lowest BCUT2D eigenvalue weighted by Crippen LogP contribution is -2.14. The lowest BCUT2D eigenvalue weighted by Gasteiger charge is -2.21. The summed E-state index contributed by atoms with van der Waals surface area (Å²) in [5.41, 5.74) is 9.09. The van der Waals surface area contributed by atoms with Crippen LogP contribution in [-0.2, 0) is 5.41 Å². The van der Waals surface area contributed by atoms with E-state index in [0.29, 0.717) is 6.42 Å². The highest BCUT2D eigenvalue weighted by molar-refractivity contribution is 6.11. The van der Waals surface area contributed by atoms with Crippen molar-refractivity contribution in [3.8, 4) is 16.8 Å². The summed E-state index contributed by atoms with van der Waals surface area (Å²) in [7, 11) is 0. The van der Waals surface area contributed by atoms with Gasteiger partial charge in [-0.2, -0.15) is 0 Å². The van der Waals surface area contributed by atoms with Gasteiger partial charge in [0.15, 0.2) is 0 Å². The maximum Gasteiger partial charge on any atom is 0.0891 e. The molecule has 6 rings (SSSR count). The average Bonchev–Trinajstić information content (AvgIpc) is 3.28. The number of halogens is 1. The smallest absolute Gasteiger partial charge is 0.0891 e. The normalized spacial score (nSPS) is 13.5. The SMILES string of the molecule is CC1(C)c2ccccc2-c2cc3c(cc21)c1ccccc1n3-c1cccnc1.CCCF. The topological polar surface area (TPSA) is 17.8 Å². The second-order valence-electron chi connectivity index (χ2n) is 8.84. The molecule has 3 heteroatoms. The maximum absolute atomic E-state index is 10.7. The number of hydrogen-bond acceptors (Lipinski definition) is 1. The van der Waals surface area contributed by atoms with Crippen molar-refractivity contribution in [2.24, 2.45) is 0 Å². The van der Waals surface area contributed by atoms with Gasteiger partial charge in [0.1, 0.15) is 0 Å². The summed E-state index contributed by atoms with van der Waals surface area (Å²) >= 11 is 0. The first-order chi connectivity index (χ1) is 15.6. The molecule has 0 spiro atoms. The Balaban J connectivity index is 0.000000501. The van der Waals surface area contributed by atoms with Crippen LogP contribution in [0.1, 0.15) is 38.3 Å². The molecule has 1 aliphatic rings. The van der Waals surface area contributed by atoms with Crippen LogP contribution in [0.4, 0.5) is 4.39 Å². The van der Waals surface area contributed by atoms with Crippen molar-refractivity contribution in [2.75, 3.05) is 6.67 Å². The van der Waals surface area contributed by atoms with Gasteiger partial charge in [-0.05, 0) is 59.0 Å². The van der Waals surface area contributed by atoms with Gasteiger partial charge >= 0.3 is 0 Å². The standard InChI is InChI=1S/C26H20N2.C3H7F/c1-26(2)22-11-5-3-9-18(22)20-15-25-21(14-23(20)26)19-10-4-6-12-24(19)28(25)17-8-7-13-27-16-17;1-2-3-4/h3-16H,1-2H3;2-3H2,1H3. The molecule has 2 aromatic heterocycles. The highest BCUT2D eigenvalue weighted by Gasteiger charge is 2.36. The number of rotatable bonds is 2. The number of aromatic nitrogens is 2. The molecule has 0 saturated carbocycles. The third kappa shape index (κ3) is 3.03. The van der Waals surface area contributed by atoms with Crippen LogP contribution in [0, 0.1) is 0 Å². The van der Waals surface area contributed by atoms with Crippen LogP contribution >= 0.6 is 0 Å². The first-order valence-corrected chi connectivity index (χ1v) is 11.2. The Morgan fingerprint density at radius 2 is 1.56 bits per heavy atom. The molecule has 0 unspecified atom stereocenters. The molecule has 2 heterocycles. The molecular weight excluding hydrogens is 395 g/mol. The molecule has 32 heavy (non-hydrogen) atoms. The predicted octanol–water partition coefficient (Wildman–Crippen LogP) is 7.85. The molecule has 0 atom stereocenters. The molecule has 0 bridgehead atoms. The van der Waals surface area contributed by atoms with E-state index < -0.39 is 0 Å². The summed E-state index contributed by atoms with van der Waals surface area (Å²) in [6, 6.07) is 26.4. The Hall–Kier alpha value is -3.46. The molecule has 3 aromatic carbocycles. The lowest BCUT2D eigenvalue weighted by atomic mass is 9.82. The zero-order valence-corrected chi connectivity index (χ0v) is 18.8. The maximum atomic E-state index is 10.7. The number of fused-ring (bicyclic) bond motifs is 6. The number of para-hydroxylation sites is 1. The Morgan fingerprint density at radius 3 is 2.31 bits per heavy atom. The first-order valence-electron chi connectivity index (χ1n) is 11.2. The van der Waals surface area contributed by atoms with Crippen molar-refractivity contribution in [1.82, 2.24) is 9.55 Å². The second-order valence-corrected chi connectivity index (χ2v) is 8.84. The Bertz CT molecular complexity index is 1410. The molecule has 0 N–H and O–H groups in total. The zero-order chi connectivity index (χ0) is 22.3. The van der Waals surface area contributed by atoms with Gasteiger partial charge in [-0.15, -0.1) is 0 Å². The molecule has 0 saturated heterocycles. The number of alkyl halides is 1. The third-order valence-electron chi connectivity index (χ3n) is 6.47. The minimum atomic E-state index is -0.181. The molecule has 2 nitrogen and oxygen atoms in total. The van der Waals surface area contributed by atoms with Crippen molar-refractivity contribution in [3.05, 3.63) is 96.3 Å². The number of benzene rings is 3. The fourth-order valence-electron chi connectivity index (χ4n) is 4.93. The quantitative estimate of drug-likeness (QED) is 0.283. The molecule has 0 amide bonds. The van der Waals surface area contributed by atoms with Gasteiger partial charge in [0.05, 0.1) is 29.6 Å². The van der Waals surface area contributed by atoms with Crippen LogP contribution in [0.25, 0.3) is 38.6 Å². The van der Waals surface area contributed by atoms with Crippen molar-refractivity contribution < 1.29 is 4.39 Å². The van der Waals surface area contributed by atoms with Crippen LogP contribution in [0.5, 0.6) is 0 Å². The van der Waals surface area contributed by atoms with E-state index in [0.717, 1.165) is 5.69 Å². The lowest BCUT2D eigenvalue weighted by molar-refractivity contribution is 0.487. The van der Waals surface area contributed by atoms with Crippen molar-refractivity contribution >= 4 is 21.8 Å². The fraction of sp³-hybridized carbons (Fsp3) is 0.207. The summed E-state index contributed by atoms with van der Waals surface area (Å²) in [6.45, 7) is 6.30. The van der Waals surface area contributed by atoms with Gasteiger partial charge in [-0.25, -0.2) is 0 Å². The first kappa shape index (κ1) is 20.4. The molecule has 0 aliphatic heterocycles. The van der Waals surface area contributed by atoms with E-state index in [-0.39, 0.29) is 12.1 Å². The summed E-state index contributed by atoms with van der Waals surface area (Å²) in [6.07, 6.45) is 4.42. The summed E-state index contributed by atoms with van der Waals surface area (Å²) < 4.78 is 13.1. The summed E-state index contributed by atoms with van der Waals surface area (Å²) in [4.78, 5) is 4.36. The van der Waals surface area contributed by atoms with E-state index in [4.69, 9.17) is 0 Å². The van der Waals surface area contributed by atoms with E-state index in [9.17, 15) is 4.39 Å². The van der Waals surface area contributed by atoms with E-state index in [1.807, 2.05) is 18.5 Å². The summed E-state index contributed by atoms with van der Waals surface area (Å²) in [5.74, 6) is 0. The molecule has 160 valence electrons. The van der Waals surface area contributed by atoms with Crippen LogP contribution in [0.15, 0.2) is 85.2 Å². The monoisotopic (exact) mass is 422 g/mol. The molecular formula is C29H27FN2. The van der Waals surface area contributed by atoms with Gasteiger partial charge in [0, 0.05) is 22.4 Å². The number of pyridine rings is 1. The Morgan fingerprint density at radius 1 is 0.812 bits per heavy atom. The van der Waals surface area contributed by atoms with Crippen LogP contribution in [0.3, 0.4) is 0 Å². The average molecular weight is 423 g/mol. The van der Waals surface area contributed by atoms with Crippen molar-refractivity contribution in [2.45, 2.75) is 32.6 Å². The molecule has 1 aliphatic carbocycles. The molecule has 0 radical (unpaired) electrons. The van der Waals surface area contributed by atoms with Gasteiger partial charge in [0.25, 0.3) is 0 Å². The third-order valence-corrected chi connectivity index (χ3v) is 6.47. The van der Waals surface area contributed by atoms with Gasteiger partial charge in [-0.1, -0.05) is 63.2 Å². The largest absolute Gasteiger partial charge is 0.308 e. The van der Waals surface area contributed by atoms with E-state index in [2.05, 4.69) is 90.1 Å². The summed E-state index contributed by atoms with van der Waals surface area (Å²) in [5, 5.41) is 2.59. The molecule has 5 aromatic rings. The van der Waals surface area contributed by atoms with E-state index in [1.54, 1.807) is 6.92 Å². The highest BCUT2D eigenvalue weighted by atomic mass is 19.1. The number of hydrogen-bond donors (Lipinski definition) is 0. The number of nitrogens with zero attached hydrogens (tertiary/aromatic N) is 2. The van der Waals surface area contributed by atoms with E-state index >= 15 is 0 Å². The van der Waals surface area contributed by atoms with Gasteiger partial charge < -0.3 is 4.57 Å². The van der Waals surface area contributed by atoms with Gasteiger partial charge in [0.2, 0.25) is 0 Å². The highest BCUT2D eigenvalue weighted by Crippen LogP contribution is 2.50. The van der Waals surface area contributed by atoms with Crippen molar-refractivity contribution in [3.63, 3.8) is 0 Å². The molecule has 0 fully saturated rings. The van der Waals surface area contributed by atoms with Crippen LogP contribution < -0.4 is 0 Å². The Labute approximate surface area is 188 Å². The fourth-order valence-corrected chi connectivity index (χ4v) is 4.93. The zero-order valence-electron chi connectivity index (χ0n) is 18.8. The minimum absolute atomic E-state index is 0.0115. The predicted molar refractivity (Wildman–Crippen MR) is 132 cm³/mol. The van der Waals surface area contributed by atoms with Crippen molar-refractivity contribution in [1.29, 1.82) is 0 Å². The Kier molecular flexibility index (Phi) is 5.05. The van der Waals surface area contributed by atoms with Gasteiger partial charge in [-0.3, -0.25) is 9.37 Å².